The van der Waals surface area contributed by atoms with E-state index in [1.54, 1.807) is 24.5 Å². The van der Waals surface area contributed by atoms with Crippen LogP contribution in [0.4, 0.5) is 5.69 Å². The molecule has 5 heteroatoms. The Bertz CT molecular complexity index is 612. The van der Waals surface area contributed by atoms with Crippen LogP contribution in [0.5, 0.6) is 0 Å². The standard InChI is InChI=1S/C16H16N2O2.ClH/c1-12(16(20)14-6-4-3-5-7-14)18-10-8-15(9-11-18)17-13(2)19;/h3-12H,1-2H3;1H. The number of aromatic nitrogens is 1. The van der Waals surface area contributed by atoms with E-state index in [1.165, 1.54) is 6.92 Å². The molecule has 0 aliphatic heterocycles. The van der Waals surface area contributed by atoms with Crippen molar-refractivity contribution in [1.82, 2.24) is 0 Å². The van der Waals surface area contributed by atoms with Crippen LogP contribution in [0.1, 0.15) is 30.2 Å². The van der Waals surface area contributed by atoms with E-state index in [2.05, 4.69) is 5.32 Å². The topological polar surface area (TPSA) is 50.1 Å². The first-order valence-electron chi connectivity index (χ1n) is 6.45. The van der Waals surface area contributed by atoms with E-state index >= 15 is 0 Å². The molecule has 110 valence electrons. The second kappa shape index (κ2) is 7.55. The molecule has 0 aliphatic rings. The first-order chi connectivity index (χ1) is 9.58. The molecule has 1 unspecified atom stereocenters. The van der Waals surface area contributed by atoms with Crippen molar-refractivity contribution in [1.29, 1.82) is 0 Å². The van der Waals surface area contributed by atoms with E-state index in [0.29, 0.717) is 11.3 Å². The summed E-state index contributed by atoms with van der Waals surface area (Å²) in [6, 6.07) is 12.5. The Morgan fingerprint density at radius 3 is 2.14 bits per heavy atom. The molecular formula is C16H17ClN2O2. The van der Waals surface area contributed by atoms with Gasteiger partial charge in [0.2, 0.25) is 17.7 Å². The van der Waals surface area contributed by atoms with Crippen molar-refractivity contribution in [2.75, 3.05) is 5.32 Å². The normalized spacial score (nSPS) is 11.1. The number of carbonyl (C=O) groups excluding carboxylic acids is 2. The molecule has 1 aromatic carbocycles. The van der Waals surface area contributed by atoms with E-state index in [4.69, 9.17) is 0 Å². The lowest BCUT2D eigenvalue weighted by atomic mass is 10.1. The summed E-state index contributed by atoms with van der Waals surface area (Å²) in [6.07, 6.45) is 3.58. The van der Waals surface area contributed by atoms with E-state index in [1.807, 2.05) is 41.8 Å². The van der Waals surface area contributed by atoms with Gasteiger partial charge in [-0.1, -0.05) is 30.3 Å². The van der Waals surface area contributed by atoms with Crippen LogP contribution >= 0.6 is 0 Å². The molecule has 2 aromatic rings. The quantitative estimate of drug-likeness (QED) is 0.605. The third kappa shape index (κ3) is 4.39. The molecular weight excluding hydrogens is 288 g/mol. The number of amides is 1. The maximum Gasteiger partial charge on any atom is 0.230 e. The van der Waals surface area contributed by atoms with Crippen molar-refractivity contribution in [2.24, 2.45) is 0 Å². The number of nitrogens with one attached hydrogen (secondary N) is 1. The Morgan fingerprint density at radius 1 is 1.05 bits per heavy atom. The third-order valence-corrected chi connectivity index (χ3v) is 3.06. The van der Waals surface area contributed by atoms with Crippen LogP contribution in [-0.2, 0) is 4.79 Å². The zero-order valence-electron chi connectivity index (χ0n) is 11.9. The number of ketones is 1. The van der Waals surface area contributed by atoms with E-state index in [0.717, 1.165) is 0 Å². The van der Waals surface area contributed by atoms with Gasteiger partial charge in [0.25, 0.3) is 0 Å². The predicted octanol–water partition coefficient (Wildman–Crippen LogP) is -0.620. The Kier molecular flexibility index (Phi) is 6.06. The molecule has 0 radical (unpaired) electrons. The van der Waals surface area contributed by atoms with Crippen LogP contribution in [-0.4, -0.2) is 11.7 Å². The van der Waals surface area contributed by atoms with Crippen LogP contribution in [0, 0.1) is 0 Å². The number of rotatable bonds is 4. The van der Waals surface area contributed by atoms with E-state index < -0.39 is 0 Å². The van der Waals surface area contributed by atoms with Gasteiger partial charge in [-0.2, -0.15) is 4.57 Å². The highest BCUT2D eigenvalue weighted by Gasteiger charge is 2.22. The molecule has 0 bridgehead atoms. The number of pyridine rings is 1. The molecule has 0 saturated carbocycles. The molecule has 2 rings (SSSR count). The number of carbonyl (C=O) groups is 2. The van der Waals surface area contributed by atoms with Gasteiger partial charge in [-0.3, -0.25) is 9.59 Å². The first kappa shape index (κ1) is 16.9. The molecule has 0 spiro atoms. The zero-order valence-corrected chi connectivity index (χ0v) is 12.7. The summed E-state index contributed by atoms with van der Waals surface area (Å²) in [6.45, 7) is 3.32. The van der Waals surface area contributed by atoms with Gasteiger partial charge in [-0.25, -0.2) is 0 Å². The minimum absolute atomic E-state index is 0. The summed E-state index contributed by atoms with van der Waals surface area (Å²) >= 11 is 0. The van der Waals surface area contributed by atoms with Gasteiger partial charge in [0.05, 0.1) is 5.69 Å². The zero-order chi connectivity index (χ0) is 14.5. The predicted molar refractivity (Wildman–Crippen MR) is 76.4 cm³/mol. The van der Waals surface area contributed by atoms with Crippen molar-refractivity contribution in [3.8, 4) is 0 Å². The second-order valence-corrected chi connectivity index (χ2v) is 4.62. The fourth-order valence-electron chi connectivity index (χ4n) is 1.96. The molecule has 1 heterocycles. The number of hydrogen-bond donors (Lipinski definition) is 1. The maximum atomic E-state index is 12.3. The molecule has 1 atom stereocenters. The Labute approximate surface area is 130 Å². The Balaban J connectivity index is 0.00000220. The molecule has 0 saturated heterocycles. The minimum Gasteiger partial charge on any atom is -1.00 e. The Morgan fingerprint density at radius 2 is 1.62 bits per heavy atom. The van der Waals surface area contributed by atoms with Crippen molar-refractivity contribution >= 4 is 17.4 Å². The highest BCUT2D eigenvalue weighted by molar-refractivity contribution is 5.97. The second-order valence-electron chi connectivity index (χ2n) is 4.62. The lowest BCUT2D eigenvalue weighted by molar-refractivity contribution is -0.704. The molecule has 4 nitrogen and oxygen atoms in total. The van der Waals surface area contributed by atoms with Crippen LogP contribution in [0.3, 0.4) is 0 Å². The van der Waals surface area contributed by atoms with Gasteiger partial charge in [-0.05, 0) is 0 Å². The third-order valence-electron chi connectivity index (χ3n) is 3.06. The van der Waals surface area contributed by atoms with Crippen LogP contribution in [0.25, 0.3) is 0 Å². The van der Waals surface area contributed by atoms with Gasteiger partial charge in [0.1, 0.15) is 0 Å². The average molecular weight is 305 g/mol. The molecule has 0 fully saturated rings. The van der Waals surface area contributed by atoms with Crippen molar-refractivity contribution in [3.63, 3.8) is 0 Å². The molecule has 0 aliphatic carbocycles. The molecule has 21 heavy (non-hydrogen) atoms. The highest BCUT2D eigenvalue weighted by atomic mass is 35.5. The summed E-state index contributed by atoms with van der Waals surface area (Å²) < 4.78 is 1.82. The minimum atomic E-state index is -0.288. The van der Waals surface area contributed by atoms with Crippen LogP contribution in [0.2, 0.25) is 0 Å². The summed E-state index contributed by atoms with van der Waals surface area (Å²) in [5.74, 6) is -0.0564. The number of nitrogens with zero attached hydrogens (tertiary/aromatic N) is 1. The van der Waals surface area contributed by atoms with Gasteiger partial charge < -0.3 is 17.7 Å². The summed E-state index contributed by atoms with van der Waals surface area (Å²) in [5.41, 5.74) is 1.41. The molecule has 1 amide bonds. The lowest BCUT2D eigenvalue weighted by Gasteiger charge is -2.07. The van der Waals surface area contributed by atoms with E-state index in [-0.39, 0.29) is 30.1 Å². The average Bonchev–Trinajstić information content (AvgIpc) is 2.47. The Hall–Kier alpha value is -2.20. The van der Waals surface area contributed by atoms with Gasteiger partial charge in [0.15, 0.2) is 12.4 Å². The fourth-order valence-corrected chi connectivity index (χ4v) is 1.96. The van der Waals surface area contributed by atoms with Gasteiger partial charge in [-0.15, -0.1) is 0 Å². The number of halogens is 1. The maximum absolute atomic E-state index is 12.3. The summed E-state index contributed by atoms with van der Waals surface area (Å²) in [5, 5.41) is 2.69. The van der Waals surface area contributed by atoms with Crippen LogP contribution in [0.15, 0.2) is 54.9 Å². The summed E-state index contributed by atoms with van der Waals surface area (Å²) in [4.78, 5) is 23.3. The van der Waals surface area contributed by atoms with Crippen molar-refractivity contribution in [2.45, 2.75) is 19.9 Å². The number of benzene rings is 1. The smallest absolute Gasteiger partial charge is 0.230 e. The van der Waals surface area contributed by atoms with Crippen molar-refractivity contribution < 1.29 is 26.6 Å². The first-order valence-corrected chi connectivity index (χ1v) is 6.45. The van der Waals surface area contributed by atoms with E-state index in [9.17, 15) is 9.59 Å². The monoisotopic (exact) mass is 304 g/mol. The molecule has 1 aromatic heterocycles. The van der Waals surface area contributed by atoms with Crippen LogP contribution < -0.4 is 22.3 Å². The number of Topliss-reactive ketones (excluding diaryl/α,β-unsaturated/α-hetero) is 1. The largest absolute Gasteiger partial charge is 1.00 e. The molecule has 1 N–H and O–H groups in total. The van der Waals surface area contributed by atoms with Gasteiger partial charge >= 0.3 is 0 Å². The number of anilines is 1. The fraction of sp³-hybridized carbons (Fsp3) is 0.188. The van der Waals surface area contributed by atoms with Gasteiger partial charge in [0, 0.05) is 31.5 Å². The highest BCUT2D eigenvalue weighted by Crippen LogP contribution is 2.10. The lowest BCUT2D eigenvalue weighted by Crippen LogP contribution is -3.00. The summed E-state index contributed by atoms with van der Waals surface area (Å²) in [7, 11) is 0. The number of hydrogen-bond acceptors (Lipinski definition) is 2. The van der Waals surface area contributed by atoms with Crippen molar-refractivity contribution in [3.05, 3.63) is 60.4 Å². The SMILES string of the molecule is CC(=O)Nc1cc[n+](C(C)C(=O)c2ccccc2)cc1.[Cl-].